The third-order valence-electron chi connectivity index (χ3n) is 4.62. The quantitative estimate of drug-likeness (QED) is 0.658. The predicted molar refractivity (Wildman–Crippen MR) is 108 cm³/mol. The van der Waals surface area contributed by atoms with Gasteiger partial charge in [-0.15, -0.1) is 11.3 Å². The summed E-state index contributed by atoms with van der Waals surface area (Å²) in [6.07, 6.45) is 10.1. The van der Waals surface area contributed by atoms with Gasteiger partial charge >= 0.3 is 0 Å². The van der Waals surface area contributed by atoms with Crippen molar-refractivity contribution in [1.82, 2.24) is 19.9 Å². The number of carbonyl (C=O) groups excluding carboxylic acids is 1. The van der Waals surface area contributed by atoms with Crippen LogP contribution in [0.4, 0.5) is 10.9 Å². The van der Waals surface area contributed by atoms with Crippen molar-refractivity contribution in [3.63, 3.8) is 0 Å². The van der Waals surface area contributed by atoms with Crippen LogP contribution in [0.2, 0.25) is 0 Å². The van der Waals surface area contributed by atoms with Gasteiger partial charge in [0.1, 0.15) is 5.76 Å². The number of rotatable bonds is 5. The molecule has 4 heterocycles. The molecule has 0 aromatic carbocycles. The van der Waals surface area contributed by atoms with Crippen molar-refractivity contribution in [2.24, 2.45) is 0 Å². The largest absolute Gasteiger partial charge is 0.465 e. The average Bonchev–Trinajstić information content (AvgIpc) is 3.38. The minimum atomic E-state index is -0.0185. The van der Waals surface area contributed by atoms with Gasteiger partial charge < -0.3 is 14.6 Å². The molecule has 7 nitrogen and oxygen atoms in total. The second-order valence-electron chi connectivity index (χ2n) is 6.68. The minimum absolute atomic E-state index is 0.0185. The number of nitrogens with one attached hydrogen (secondary N) is 1. The molecule has 4 rings (SSSR count). The summed E-state index contributed by atoms with van der Waals surface area (Å²) in [5, 5.41) is 6.07. The first-order valence-corrected chi connectivity index (χ1v) is 10.1. The van der Waals surface area contributed by atoms with E-state index in [0.717, 1.165) is 35.9 Å². The molecule has 1 fully saturated rings. The van der Waals surface area contributed by atoms with Crippen molar-refractivity contribution in [2.45, 2.75) is 25.7 Å². The van der Waals surface area contributed by atoms with Crippen molar-refractivity contribution in [2.75, 3.05) is 18.4 Å². The Morgan fingerprint density at radius 1 is 1.39 bits per heavy atom. The van der Waals surface area contributed by atoms with Crippen LogP contribution in [0, 0.1) is 6.92 Å². The van der Waals surface area contributed by atoms with E-state index in [4.69, 9.17) is 4.42 Å². The molecular weight excluding hydrogens is 374 g/mol. The number of aryl methyl sites for hydroxylation is 1. The van der Waals surface area contributed by atoms with Crippen LogP contribution in [0.1, 0.15) is 35.9 Å². The van der Waals surface area contributed by atoms with E-state index in [1.54, 1.807) is 36.9 Å². The molecule has 0 aliphatic carbocycles. The summed E-state index contributed by atoms with van der Waals surface area (Å²) >= 11 is 1.54. The first kappa shape index (κ1) is 18.4. The number of anilines is 2. The SMILES string of the molecule is Cc1csc(Nc2nccnc2C2CCCN(C(=O)/C=C/c3ccco3)C2)n1. The summed E-state index contributed by atoms with van der Waals surface area (Å²) in [4.78, 5) is 27.9. The number of hydrogen-bond donors (Lipinski definition) is 1. The van der Waals surface area contributed by atoms with E-state index in [1.165, 1.54) is 11.3 Å². The zero-order valence-electron chi connectivity index (χ0n) is 15.5. The molecule has 1 aliphatic heterocycles. The lowest BCUT2D eigenvalue weighted by atomic mass is 9.94. The second kappa shape index (κ2) is 8.35. The van der Waals surface area contributed by atoms with E-state index in [2.05, 4.69) is 20.3 Å². The van der Waals surface area contributed by atoms with E-state index >= 15 is 0 Å². The Morgan fingerprint density at radius 3 is 3.07 bits per heavy atom. The van der Waals surface area contributed by atoms with Gasteiger partial charge in [0.05, 0.1) is 17.7 Å². The Balaban J connectivity index is 1.48. The number of hydrogen-bond acceptors (Lipinski definition) is 7. The topological polar surface area (TPSA) is 84.2 Å². The van der Waals surface area contributed by atoms with Crippen molar-refractivity contribution in [3.8, 4) is 0 Å². The molecule has 1 amide bonds. The molecule has 1 atom stereocenters. The van der Waals surface area contributed by atoms with Crippen molar-refractivity contribution >= 4 is 34.3 Å². The van der Waals surface area contributed by atoms with Crippen molar-refractivity contribution in [3.05, 3.63) is 59.4 Å². The summed E-state index contributed by atoms with van der Waals surface area (Å²) < 4.78 is 5.25. The first-order valence-electron chi connectivity index (χ1n) is 9.19. The van der Waals surface area contributed by atoms with Crippen LogP contribution in [-0.4, -0.2) is 38.8 Å². The fourth-order valence-electron chi connectivity index (χ4n) is 3.30. The van der Waals surface area contributed by atoms with E-state index < -0.39 is 0 Å². The van der Waals surface area contributed by atoms with Gasteiger partial charge in [0.25, 0.3) is 0 Å². The first-order chi connectivity index (χ1) is 13.7. The zero-order valence-corrected chi connectivity index (χ0v) is 16.4. The molecule has 0 radical (unpaired) electrons. The highest BCUT2D eigenvalue weighted by molar-refractivity contribution is 7.13. The van der Waals surface area contributed by atoms with Crippen LogP contribution in [-0.2, 0) is 4.79 Å². The molecule has 0 bridgehead atoms. The molecule has 1 N–H and O–H groups in total. The van der Waals surface area contributed by atoms with Crippen LogP contribution in [0.15, 0.2) is 46.7 Å². The number of thiazole rings is 1. The fraction of sp³-hybridized carbons (Fsp3) is 0.300. The lowest BCUT2D eigenvalue weighted by Gasteiger charge is -2.32. The zero-order chi connectivity index (χ0) is 19.3. The maximum absolute atomic E-state index is 12.6. The van der Waals surface area contributed by atoms with Gasteiger partial charge in [0.2, 0.25) is 5.91 Å². The van der Waals surface area contributed by atoms with Gasteiger partial charge in [-0.05, 0) is 38.0 Å². The number of amides is 1. The Kier molecular flexibility index (Phi) is 5.48. The molecule has 8 heteroatoms. The van der Waals surface area contributed by atoms with Crippen LogP contribution >= 0.6 is 11.3 Å². The number of carbonyl (C=O) groups is 1. The molecular formula is C20H21N5O2S. The standard InChI is InChI=1S/C20H21N5O2S/c1-14-13-28-20(23-14)24-19-18(21-8-9-22-19)15-4-2-10-25(12-15)17(26)7-6-16-5-3-11-27-16/h3,5-9,11,13,15H,2,4,10,12H2,1H3,(H,22,23,24)/b7-6+. The Morgan fingerprint density at radius 2 is 2.29 bits per heavy atom. The highest BCUT2D eigenvalue weighted by Gasteiger charge is 2.27. The Bertz CT molecular complexity index is 967. The summed E-state index contributed by atoms with van der Waals surface area (Å²) in [6.45, 7) is 3.32. The lowest BCUT2D eigenvalue weighted by molar-refractivity contribution is -0.127. The van der Waals surface area contributed by atoms with Gasteiger partial charge in [-0.2, -0.15) is 0 Å². The van der Waals surface area contributed by atoms with E-state index in [-0.39, 0.29) is 11.8 Å². The van der Waals surface area contributed by atoms with Gasteiger partial charge in [-0.3, -0.25) is 9.78 Å². The van der Waals surface area contributed by atoms with Gasteiger partial charge in [0, 0.05) is 42.9 Å². The molecule has 1 unspecified atom stereocenters. The molecule has 3 aromatic rings. The normalized spacial score (nSPS) is 17.2. The maximum atomic E-state index is 12.6. The number of nitrogens with zero attached hydrogens (tertiary/aromatic N) is 4. The van der Waals surface area contributed by atoms with Gasteiger partial charge in [0.15, 0.2) is 10.9 Å². The van der Waals surface area contributed by atoms with Crippen LogP contribution in [0.3, 0.4) is 0 Å². The Hall–Kier alpha value is -3.00. The van der Waals surface area contributed by atoms with Crippen molar-refractivity contribution < 1.29 is 9.21 Å². The monoisotopic (exact) mass is 395 g/mol. The molecule has 0 saturated carbocycles. The third kappa shape index (κ3) is 4.28. The van der Waals surface area contributed by atoms with Crippen molar-refractivity contribution in [1.29, 1.82) is 0 Å². The number of aromatic nitrogens is 3. The second-order valence-corrected chi connectivity index (χ2v) is 7.54. The number of likely N-dealkylation sites (tertiary alicyclic amines) is 1. The van der Waals surface area contributed by atoms with Gasteiger partial charge in [-0.25, -0.2) is 9.97 Å². The van der Waals surface area contributed by atoms with Crippen LogP contribution in [0.5, 0.6) is 0 Å². The molecule has 1 saturated heterocycles. The summed E-state index contributed by atoms with van der Waals surface area (Å²) in [5.74, 6) is 1.49. The summed E-state index contributed by atoms with van der Waals surface area (Å²) in [7, 11) is 0. The van der Waals surface area contributed by atoms with E-state index in [1.807, 2.05) is 23.3 Å². The predicted octanol–water partition coefficient (Wildman–Crippen LogP) is 4.00. The third-order valence-corrected chi connectivity index (χ3v) is 5.50. The molecule has 144 valence electrons. The van der Waals surface area contributed by atoms with Crippen LogP contribution in [0.25, 0.3) is 6.08 Å². The summed E-state index contributed by atoms with van der Waals surface area (Å²) in [6, 6.07) is 3.62. The Labute approximate surface area is 167 Å². The maximum Gasteiger partial charge on any atom is 0.246 e. The fourth-order valence-corrected chi connectivity index (χ4v) is 3.99. The molecule has 28 heavy (non-hydrogen) atoms. The smallest absolute Gasteiger partial charge is 0.246 e. The minimum Gasteiger partial charge on any atom is -0.465 e. The highest BCUT2D eigenvalue weighted by atomic mass is 32.1. The molecule has 0 spiro atoms. The number of piperidine rings is 1. The summed E-state index contributed by atoms with van der Waals surface area (Å²) in [5.41, 5.74) is 1.85. The molecule has 1 aliphatic rings. The van der Waals surface area contributed by atoms with Gasteiger partial charge in [-0.1, -0.05) is 0 Å². The highest BCUT2D eigenvalue weighted by Crippen LogP contribution is 2.31. The van der Waals surface area contributed by atoms with E-state index in [9.17, 15) is 4.79 Å². The average molecular weight is 395 g/mol. The number of furan rings is 1. The van der Waals surface area contributed by atoms with E-state index in [0.29, 0.717) is 18.1 Å². The van der Waals surface area contributed by atoms with Crippen LogP contribution < -0.4 is 5.32 Å². The molecule has 3 aromatic heterocycles. The lowest BCUT2D eigenvalue weighted by Crippen LogP contribution is -2.38.